The number of fused-ring (bicyclic) bond motifs is 1. The normalized spacial score (nSPS) is 10.9. The fraction of sp³-hybridized carbons (Fsp3) is 0.364. The van der Waals surface area contributed by atoms with Crippen LogP contribution in [0.4, 0.5) is 0 Å². The van der Waals surface area contributed by atoms with Crippen LogP contribution in [0.25, 0.3) is 11.0 Å². The van der Waals surface area contributed by atoms with Gasteiger partial charge in [0.2, 0.25) is 5.91 Å². The van der Waals surface area contributed by atoms with Crippen LogP contribution in [0.5, 0.6) is 5.75 Å². The number of hydrogen-bond acceptors (Lipinski definition) is 3. The van der Waals surface area contributed by atoms with Gasteiger partial charge >= 0.3 is 0 Å². The summed E-state index contributed by atoms with van der Waals surface area (Å²) in [6.07, 6.45) is 1.95. The highest BCUT2D eigenvalue weighted by atomic mass is 16.5. The van der Waals surface area contributed by atoms with Gasteiger partial charge in [0.1, 0.15) is 11.6 Å². The van der Waals surface area contributed by atoms with Crippen molar-refractivity contribution in [3.05, 3.63) is 59.9 Å². The van der Waals surface area contributed by atoms with Crippen molar-refractivity contribution in [2.75, 3.05) is 13.7 Å². The zero-order valence-corrected chi connectivity index (χ0v) is 16.3. The van der Waals surface area contributed by atoms with Crippen molar-refractivity contribution in [1.82, 2.24) is 14.5 Å². The van der Waals surface area contributed by atoms with Crippen LogP contribution in [-0.4, -0.2) is 34.0 Å². The summed E-state index contributed by atoms with van der Waals surface area (Å²) in [5.74, 6) is 1.89. The third kappa shape index (κ3) is 4.88. The number of carbonyl (C=O) groups excluding carboxylic acids is 1. The Bertz CT molecular complexity index is 917. The Hall–Kier alpha value is -2.82. The third-order valence-corrected chi connectivity index (χ3v) is 4.68. The summed E-state index contributed by atoms with van der Waals surface area (Å²) < 4.78 is 8.07. The Morgan fingerprint density at radius 2 is 1.96 bits per heavy atom. The summed E-state index contributed by atoms with van der Waals surface area (Å²) in [5.41, 5.74) is 3.29. The minimum atomic E-state index is 0.0418. The summed E-state index contributed by atoms with van der Waals surface area (Å²) >= 11 is 0. The van der Waals surface area contributed by atoms with E-state index in [1.807, 2.05) is 37.4 Å². The van der Waals surface area contributed by atoms with Crippen LogP contribution in [0.15, 0.2) is 48.5 Å². The number of carbonyl (C=O) groups is 1. The Labute approximate surface area is 160 Å². The van der Waals surface area contributed by atoms with Gasteiger partial charge in [-0.3, -0.25) is 4.79 Å². The number of unbranched alkanes of at least 4 members (excludes halogenated alkanes) is 1. The third-order valence-electron chi connectivity index (χ3n) is 4.68. The Morgan fingerprint density at radius 3 is 2.74 bits per heavy atom. The molecule has 5 heteroatoms. The number of aromatic nitrogens is 2. The van der Waals surface area contributed by atoms with E-state index in [9.17, 15) is 4.79 Å². The molecule has 0 atom stereocenters. The predicted molar refractivity (Wildman–Crippen MR) is 108 cm³/mol. The first kappa shape index (κ1) is 19.0. The highest BCUT2D eigenvalue weighted by molar-refractivity contribution is 5.76. The van der Waals surface area contributed by atoms with Gasteiger partial charge in [0.15, 0.2) is 0 Å². The molecule has 0 bridgehead atoms. The number of nitrogens with zero attached hydrogens (tertiary/aromatic N) is 3. The molecule has 0 aliphatic carbocycles. The lowest BCUT2D eigenvalue weighted by Gasteiger charge is -2.16. The number of para-hydroxylation sites is 2. The van der Waals surface area contributed by atoms with Crippen molar-refractivity contribution in [2.45, 2.75) is 39.8 Å². The Kier molecular flexibility index (Phi) is 6.12. The molecule has 0 aliphatic rings. The maximum Gasteiger partial charge on any atom is 0.219 e. The van der Waals surface area contributed by atoms with Crippen LogP contribution in [0, 0.1) is 6.92 Å². The van der Waals surface area contributed by atoms with Gasteiger partial charge < -0.3 is 14.2 Å². The topological polar surface area (TPSA) is 47.4 Å². The molecule has 1 aromatic heterocycles. The molecule has 3 rings (SSSR count). The summed E-state index contributed by atoms with van der Waals surface area (Å²) in [6, 6.07) is 16.3. The first-order valence-electron chi connectivity index (χ1n) is 9.40. The average Bonchev–Trinajstić information content (AvgIpc) is 2.98. The maximum absolute atomic E-state index is 11.6. The summed E-state index contributed by atoms with van der Waals surface area (Å²) in [5, 5.41) is 0. The maximum atomic E-state index is 11.6. The number of amides is 1. The number of benzene rings is 2. The fourth-order valence-corrected chi connectivity index (χ4v) is 3.09. The minimum absolute atomic E-state index is 0.0418. The minimum Gasteiger partial charge on any atom is -0.494 e. The van der Waals surface area contributed by atoms with Crippen LogP contribution in [0.2, 0.25) is 0 Å². The number of hydrogen-bond donors (Lipinski definition) is 0. The number of rotatable bonds is 8. The van der Waals surface area contributed by atoms with Gasteiger partial charge in [0, 0.05) is 20.5 Å². The van der Waals surface area contributed by atoms with Crippen molar-refractivity contribution in [1.29, 1.82) is 0 Å². The zero-order chi connectivity index (χ0) is 19.2. The first-order chi connectivity index (χ1) is 13.0. The molecule has 1 heterocycles. The lowest BCUT2D eigenvalue weighted by atomic mass is 10.2. The van der Waals surface area contributed by atoms with E-state index < -0.39 is 0 Å². The van der Waals surface area contributed by atoms with Crippen molar-refractivity contribution >= 4 is 16.9 Å². The van der Waals surface area contributed by atoms with Crippen LogP contribution >= 0.6 is 0 Å². The average molecular weight is 365 g/mol. The van der Waals surface area contributed by atoms with E-state index in [0.717, 1.165) is 42.0 Å². The Balaban J connectivity index is 1.62. The second-order valence-electron chi connectivity index (χ2n) is 6.92. The van der Waals surface area contributed by atoms with E-state index in [2.05, 4.69) is 29.7 Å². The second-order valence-corrected chi connectivity index (χ2v) is 6.92. The quantitative estimate of drug-likeness (QED) is 0.563. The molecule has 0 radical (unpaired) electrons. The van der Waals surface area contributed by atoms with Crippen molar-refractivity contribution in [2.24, 2.45) is 0 Å². The van der Waals surface area contributed by atoms with E-state index >= 15 is 0 Å². The smallest absolute Gasteiger partial charge is 0.219 e. The van der Waals surface area contributed by atoms with Gasteiger partial charge in [0.05, 0.1) is 24.2 Å². The molecule has 142 valence electrons. The van der Waals surface area contributed by atoms with Crippen molar-refractivity contribution in [3.63, 3.8) is 0 Å². The van der Waals surface area contributed by atoms with E-state index in [1.54, 1.807) is 11.8 Å². The van der Waals surface area contributed by atoms with Gasteiger partial charge in [-0.1, -0.05) is 24.3 Å². The highest BCUT2D eigenvalue weighted by Gasteiger charge is 2.13. The van der Waals surface area contributed by atoms with Crippen molar-refractivity contribution in [3.8, 4) is 5.75 Å². The van der Waals surface area contributed by atoms with Crippen LogP contribution in [0.3, 0.4) is 0 Å². The molecule has 0 spiro atoms. The van der Waals surface area contributed by atoms with Gasteiger partial charge in [-0.15, -0.1) is 0 Å². The molecule has 27 heavy (non-hydrogen) atoms. The molecular weight excluding hydrogens is 338 g/mol. The lowest BCUT2D eigenvalue weighted by Crippen LogP contribution is -2.25. The molecular formula is C22H27N3O2. The lowest BCUT2D eigenvalue weighted by molar-refractivity contribution is -0.128. The van der Waals surface area contributed by atoms with Crippen molar-refractivity contribution < 1.29 is 9.53 Å². The van der Waals surface area contributed by atoms with Gasteiger partial charge in [-0.2, -0.15) is 0 Å². The van der Waals surface area contributed by atoms with Crippen LogP contribution in [-0.2, 0) is 17.9 Å². The fourth-order valence-electron chi connectivity index (χ4n) is 3.09. The summed E-state index contributed by atoms with van der Waals surface area (Å²) in [6.45, 7) is 5.72. The number of ether oxygens (including phenoxy) is 1. The molecule has 0 aliphatic heterocycles. The molecule has 2 aromatic carbocycles. The number of aryl methyl sites for hydroxylation is 2. The first-order valence-corrected chi connectivity index (χ1v) is 9.40. The zero-order valence-electron chi connectivity index (χ0n) is 16.3. The van der Waals surface area contributed by atoms with Crippen LogP contribution < -0.4 is 4.74 Å². The predicted octanol–water partition coefficient (Wildman–Crippen LogP) is 4.18. The molecule has 0 saturated carbocycles. The van der Waals surface area contributed by atoms with Gasteiger partial charge in [0.25, 0.3) is 0 Å². The molecule has 0 saturated heterocycles. The second kappa shape index (κ2) is 8.71. The summed E-state index contributed by atoms with van der Waals surface area (Å²) in [7, 11) is 1.81. The van der Waals surface area contributed by atoms with Gasteiger partial charge in [-0.05, 0) is 49.6 Å². The monoisotopic (exact) mass is 365 g/mol. The van der Waals surface area contributed by atoms with E-state index in [1.165, 1.54) is 5.56 Å². The number of imidazole rings is 1. The Morgan fingerprint density at radius 1 is 1.15 bits per heavy atom. The molecule has 3 aromatic rings. The summed E-state index contributed by atoms with van der Waals surface area (Å²) in [4.78, 5) is 18.0. The molecule has 5 nitrogen and oxygen atoms in total. The van der Waals surface area contributed by atoms with Gasteiger partial charge in [-0.25, -0.2) is 4.98 Å². The SMILES string of the molecule is CC(=O)N(C)Cc1nc2ccccc2n1CCCCOc1cccc(C)c1. The molecule has 0 N–H and O–H groups in total. The van der Waals surface area contributed by atoms with Crippen LogP contribution in [0.1, 0.15) is 31.2 Å². The molecule has 1 amide bonds. The largest absolute Gasteiger partial charge is 0.494 e. The molecule has 0 fully saturated rings. The molecule has 0 unspecified atom stereocenters. The van der Waals surface area contributed by atoms with E-state index in [4.69, 9.17) is 9.72 Å². The standard InChI is InChI=1S/C22H27N3O2/c1-17-9-8-10-19(15-17)27-14-7-6-13-25-21-12-5-4-11-20(21)23-22(25)16-24(3)18(2)26/h4-5,8-12,15H,6-7,13-14,16H2,1-3H3. The highest BCUT2D eigenvalue weighted by Crippen LogP contribution is 2.18. The van der Waals surface area contributed by atoms with E-state index in [0.29, 0.717) is 13.2 Å². The van der Waals surface area contributed by atoms with E-state index in [-0.39, 0.29) is 5.91 Å².